The van der Waals surface area contributed by atoms with Crippen LogP contribution in [-0.2, 0) is 4.74 Å². The first-order valence-corrected chi connectivity index (χ1v) is 7.09. The van der Waals surface area contributed by atoms with Gasteiger partial charge < -0.3 is 15.0 Å². The summed E-state index contributed by atoms with van der Waals surface area (Å²) in [4.78, 5) is 29.3. The van der Waals surface area contributed by atoms with E-state index in [4.69, 9.17) is 4.74 Å². The number of ether oxygens (including phenoxy) is 1. The molecule has 0 radical (unpaired) electrons. The molecule has 114 valence electrons. The average Bonchev–Trinajstić information content (AvgIpc) is 2.48. The van der Waals surface area contributed by atoms with E-state index in [0.717, 1.165) is 12.8 Å². The standard InChI is InChI=1S/C14H20N4O3/c1-2-21-14(20)16-11-6-5-9-18(10-11)13(19)17-12-7-3-4-8-15-12/h3-4,7-8,11H,2,5-6,9-10H2,1H3,(H,16,20)(H,15,17,19). The molecular formula is C14H20N4O3. The van der Waals surface area contributed by atoms with Crippen molar-refractivity contribution in [2.45, 2.75) is 25.8 Å². The number of urea groups is 1. The molecule has 2 heterocycles. The normalized spacial score (nSPS) is 18.0. The average molecular weight is 292 g/mol. The Kier molecular flexibility index (Phi) is 5.36. The molecule has 3 amide bonds. The van der Waals surface area contributed by atoms with Gasteiger partial charge in [0, 0.05) is 25.3 Å². The van der Waals surface area contributed by atoms with Gasteiger partial charge in [0.1, 0.15) is 5.82 Å². The third-order valence-corrected chi connectivity index (χ3v) is 3.21. The van der Waals surface area contributed by atoms with Crippen LogP contribution in [0.5, 0.6) is 0 Å². The highest BCUT2D eigenvalue weighted by molar-refractivity contribution is 5.88. The van der Waals surface area contributed by atoms with E-state index in [0.29, 0.717) is 25.5 Å². The summed E-state index contributed by atoms with van der Waals surface area (Å²) in [7, 11) is 0. The molecule has 0 aliphatic carbocycles. The number of nitrogens with one attached hydrogen (secondary N) is 2. The number of rotatable bonds is 3. The maximum Gasteiger partial charge on any atom is 0.407 e. The number of carbonyl (C=O) groups excluding carboxylic acids is 2. The van der Waals surface area contributed by atoms with Crippen molar-refractivity contribution in [3.05, 3.63) is 24.4 Å². The quantitative estimate of drug-likeness (QED) is 0.890. The van der Waals surface area contributed by atoms with Gasteiger partial charge in [-0.25, -0.2) is 14.6 Å². The Morgan fingerprint density at radius 3 is 3.05 bits per heavy atom. The topological polar surface area (TPSA) is 83.6 Å². The van der Waals surface area contributed by atoms with E-state index >= 15 is 0 Å². The second-order valence-corrected chi connectivity index (χ2v) is 4.80. The van der Waals surface area contributed by atoms with E-state index in [-0.39, 0.29) is 12.1 Å². The van der Waals surface area contributed by atoms with Crippen LogP contribution in [0.2, 0.25) is 0 Å². The van der Waals surface area contributed by atoms with Crippen LogP contribution in [0.1, 0.15) is 19.8 Å². The third kappa shape index (κ3) is 4.62. The number of likely N-dealkylation sites (tertiary alicyclic amines) is 1. The van der Waals surface area contributed by atoms with Crippen LogP contribution in [0.3, 0.4) is 0 Å². The van der Waals surface area contributed by atoms with Gasteiger partial charge in [0.05, 0.1) is 6.61 Å². The zero-order valence-electron chi connectivity index (χ0n) is 12.0. The minimum Gasteiger partial charge on any atom is -0.450 e. The van der Waals surface area contributed by atoms with Gasteiger partial charge in [-0.05, 0) is 31.9 Å². The molecule has 1 aromatic heterocycles. The van der Waals surface area contributed by atoms with Gasteiger partial charge >= 0.3 is 12.1 Å². The number of hydrogen-bond acceptors (Lipinski definition) is 4. The fourth-order valence-electron chi connectivity index (χ4n) is 2.24. The number of pyridine rings is 1. The lowest BCUT2D eigenvalue weighted by Gasteiger charge is -2.32. The highest BCUT2D eigenvalue weighted by atomic mass is 16.5. The molecule has 2 N–H and O–H groups in total. The number of amides is 3. The highest BCUT2D eigenvalue weighted by Gasteiger charge is 2.25. The number of nitrogens with zero attached hydrogens (tertiary/aromatic N) is 2. The maximum absolute atomic E-state index is 12.2. The molecule has 1 fully saturated rings. The molecule has 1 unspecified atom stereocenters. The lowest BCUT2D eigenvalue weighted by Crippen LogP contribution is -2.50. The van der Waals surface area contributed by atoms with Gasteiger partial charge in [-0.2, -0.15) is 0 Å². The number of piperidine rings is 1. The summed E-state index contributed by atoms with van der Waals surface area (Å²) < 4.78 is 4.86. The lowest BCUT2D eigenvalue weighted by molar-refractivity contribution is 0.137. The van der Waals surface area contributed by atoms with E-state index < -0.39 is 6.09 Å². The number of hydrogen-bond donors (Lipinski definition) is 2. The molecule has 2 rings (SSSR count). The number of aromatic nitrogens is 1. The van der Waals surface area contributed by atoms with Crippen molar-refractivity contribution in [3.8, 4) is 0 Å². The minimum absolute atomic E-state index is 0.0766. The fourth-order valence-corrected chi connectivity index (χ4v) is 2.24. The molecule has 7 nitrogen and oxygen atoms in total. The molecule has 0 bridgehead atoms. The predicted octanol–water partition coefficient (Wildman–Crippen LogP) is 1.82. The Hall–Kier alpha value is -2.31. The number of alkyl carbamates (subject to hydrolysis) is 1. The summed E-state index contributed by atoms with van der Waals surface area (Å²) in [5.41, 5.74) is 0. The molecule has 1 aliphatic heterocycles. The van der Waals surface area contributed by atoms with Gasteiger partial charge in [0.25, 0.3) is 0 Å². The molecule has 1 saturated heterocycles. The molecule has 1 atom stereocenters. The first-order chi connectivity index (χ1) is 10.2. The summed E-state index contributed by atoms with van der Waals surface area (Å²) in [5.74, 6) is 0.517. The van der Waals surface area contributed by atoms with Crippen molar-refractivity contribution in [1.29, 1.82) is 0 Å². The van der Waals surface area contributed by atoms with Crippen molar-refractivity contribution >= 4 is 17.9 Å². The number of carbonyl (C=O) groups is 2. The van der Waals surface area contributed by atoms with Crippen LogP contribution in [-0.4, -0.2) is 47.7 Å². The molecule has 1 aliphatic rings. The maximum atomic E-state index is 12.2. The Morgan fingerprint density at radius 1 is 1.48 bits per heavy atom. The van der Waals surface area contributed by atoms with E-state index in [1.165, 1.54) is 0 Å². The van der Waals surface area contributed by atoms with Crippen molar-refractivity contribution in [3.63, 3.8) is 0 Å². The van der Waals surface area contributed by atoms with Gasteiger partial charge in [0.2, 0.25) is 0 Å². The molecule has 0 saturated carbocycles. The van der Waals surface area contributed by atoms with E-state index in [1.807, 2.05) is 6.07 Å². The summed E-state index contributed by atoms with van der Waals surface area (Å²) >= 11 is 0. The van der Waals surface area contributed by atoms with E-state index in [1.54, 1.807) is 30.2 Å². The Balaban J connectivity index is 1.85. The first kappa shape index (κ1) is 15.1. The summed E-state index contributed by atoms with van der Waals surface area (Å²) in [6, 6.07) is 5.05. The molecule has 7 heteroatoms. The van der Waals surface area contributed by atoms with Crippen LogP contribution >= 0.6 is 0 Å². The van der Waals surface area contributed by atoms with E-state index in [2.05, 4.69) is 15.6 Å². The molecular weight excluding hydrogens is 272 g/mol. The smallest absolute Gasteiger partial charge is 0.407 e. The van der Waals surface area contributed by atoms with Crippen molar-refractivity contribution in [1.82, 2.24) is 15.2 Å². The van der Waals surface area contributed by atoms with Gasteiger partial charge in [-0.3, -0.25) is 5.32 Å². The van der Waals surface area contributed by atoms with Crippen LogP contribution in [0.15, 0.2) is 24.4 Å². The summed E-state index contributed by atoms with van der Waals surface area (Å²) in [6.45, 7) is 3.23. The monoisotopic (exact) mass is 292 g/mol. The summed E-state index contributed by atoms with van der Waals surface area (Å²) in [5, 5.41) is 5.51. The Morgan fingerprint density at radius 2 is 2.33 bits per heavy atom. The molecule has 21 heavy (non-hydrogen) atoms. The fraction of sp³-hybridized carbons (Fsp3) is 0.500. The second-order valence-electron chi connectivity index (χ2n) is 4.80. The van der Waals surface area contributed by atoms with Crippen LogP contribution < -0.4 is 10.6 Å². The zero-order valence-corrected chi connectivity index (χ0v) is 12.0. The molecule has 0 spiro atoms. The third-order valence-electron chi connectivity index (χ3n) is 3.21. The van der Waals surface area contributed by atoms with Gasteiger partial charge in [-0.1, -0.05) is 6.07 Å². The number of anilines is 1. The zero-order chi connectivity index (χ0) is 15.1. The minimum atomic E-state index is -0.436. The first-order valence-electron chi connectivity index (χ1n) is 7.09. The molecule has 0 aromatic carbocycles. The van der Waals surface area contributed by atoms with Crippen molar-refractivity contribution < 1.29 is 14.3 Å². The van der Waals surface area contributed by atoms with E-state index in [9.17, 15) is 9.59 Å². The highest BCUT2D eigenvalue weighted by Crippen LogP contribution is 2.12. The van der Waals surface area contributed by atoms with Crippen molar-refractivity contribution in [2.24, 2.45) is 0 Å². The van der Waals surface area contributed by atoms with Crippen LogP contribution in [0, 0.1) is 0 Å². The largest absolute Gasteiger partial charge is 0.450 e. The molecule has 1 aromatic rings. The lowest BCUT2D eigenvalue weighted by atomic mass is 10.1. The van der Waals surface area contributed by atoms with Crippen molar-refractivity contribution in [2.75, 3.05) is 25.0 Å². The second kappa shape index (κ2) is 7.47. The van der Waals surface area contributed by atoms with Crippen LogP contribution in [0.4, 0.5) is 15.4 Å². The predicted molar refractivity (Wildman–Crippen MR) is 78.0 cm³/mol. The van der Waals surface area contributed by atoms with Crippen LogP contribution in [0.25, 0.3) is 0 Å². The van der Waals surface area contributed by atoms with Gasteiger partial charge in [0.15, 0.2) is 0 Å². The summed E-state index contributed by atoms with van der Waals surface area (Å²) in [6.07, 6.45) is 2.87. The Labute approximate surface area is 123 Å². The van der Waals surface area contributed by atoms with Gasteiger partial charge in [-0.15, -0.1) is 0 Å². The SMILES string of the molecule is CCOC(=O)NC1CCCN(C(=O)Nc2ccccn2)C1. The Bertz CT molecular complexity index is 480.